The number of carbonyl (C=O) groups is 2. The van der Waals surface area contributed by atoms with E-state index in [0.29, 0.717) is 18.1 Å². The summed E-state index contributed by atoms with van der Waals surface area (Å²) >= 11 is 0. The van der Waals surface area contributed by atoms with Crippen molar-refractivity contribution in [2.45, 2.75) is 20.1 Å². The second kappa shape index (κ2) is 8.38. The van der Waals surface area contributed by atoms with Crippen molar-refractivity contribution in [2.24, 2.45) is 0 Å². The molecule has 0 unspecified atom stereocenters. The van der Waals surface area contributed by atoms with E-state index in [4.69, 9.17) is 9.15 Å². The van der Waals surface area contributed by atoms with Crippen molar-refractivity contribution >= 4 is 17.5 Å². The molecule has 0 aliphatic heterocycles. The third-order valence-corrected chi connectivity index (χ3v) is 3.86. The van der Waals surface area contributed by atoms with Crippen LogP contribution in [0.1, 0.15) is 33.7 Å². The van der Waals surface area contributed by atoms with Crippen molar-refractivity contribution in [1.29, 1.82) is 0 Å². The lowest BCUT2D eigenvalue weighted by Gasteiger charge is -2.04. The highest BCUT2D eigenvalue weighted by Crippen LogP contribution is 2.18. The average Bonchev–Trinajstić information content (AvgIpc) is 3.34. The van der Waals surface area contributed by atoms with Crippen LogP contribution in [-0.2, 0) is 13.2 Å². The molecule has 2 amide bonds. The van der Waals surface area contributed by atoms with E-state index in [2.05, 4.69) is 15.7 Å². The molecule has 0 aliphatic carbocycles. The predicted molar refractivity (Wildman–Crippen MR) is 98.7 cm³/mol. The highest BCUT2D eigenvalue weighted by atomic mass is 19.1. The zero-order valence-electron chi connectivity index (χ0n) is 15.4. The van der Waals surface area contributed by atoms with Gasteiger partial charge in [0.2, 0.25) is 0 Å². The monoisotopic (exact) mass is 386 g/mol. The van der Waals surface area contributed by atoms with E-state index in [1.54, 1.807) is 16.9 Å². The molecule has 3 rings (SSSR count). The second-order valence-electron chi connectivity index (χ2n) is 5.79. The summed E-state index contributed by atoms with van der Waals surface area (Å²) < 4.78 is 25.4. The van der Waals surface area contributed by atoms with Crippen molar-refractivity contribution in [3.05, 3.63) is 65.6 Å². The van der Waals surface area contributed by atoms with Crippen LogP contribution in [0.2, 0.25) is 0 Å². The largest absolute Gasteiger partial charge is 0.486 e. The number of furan rings is 1. The van der Waals surface area contributed by atoms with Crippen LogP contribution in [0.25, 0.3) is 0 Å². The highest BCUT2D eigenvalue weighted by molar-refractivity contribution is 6.06. The van der Waals surface area contributed by atoms with Crippen molar-refractivity contribution < 1.29 is 23.1 Å². The Morgan fingerprint density at radius 2 is 1.93 bits per heavy atom. The van der Waals surface area contributed by atoms with Gasteiger partial charge in [0.15, 0.2) is 11.5 Å². The summed E-state index contributed by atoms with van der Waals surface area (Å²) in [5.41, 5.74) is 0.399. The first-order valence-corrected chi connectivity index (χ1v) is 8.58. The van der Waals surface area contributed by atoms with Crippen LogP contribution in [0.15, 0.2) is 47.0 Å². The maximum atomic E-state index is 12.9. The van der Waals surface area contributed by atoms with E-state index in [0.717, 1.165) is 0 Å². The summed E-state index contributed by atoms with van der Waals surface area (Å²) in [6, 6.07) is 8.68. The van der Waals surface area contributed by atoms with Crippen molar-refractivity contribution in [1.82, 2.24) is 15.1 Å². The molecule has 0 bridgehead atoms. The van der Waals surface area contributed by atoms with Crippen molar-refractivity contribution in [3.8, 4) is 5.75 Å². The Labute approximate surface area is 160 Å². The molecule has 28 heavy (non-hydrogen) atoms. The normalized spacial score (nSPS) is 10.5. The number of ether oxygens (including phenoxy) is 1. The molecule has 146 valence electrons. The fraction of sp³-hybridized carbons (Fsp3) is 0.211. The summed E-state index contributed by atoms with van der Waals surface area (Å²) in [6.07, 6.45) is 1.57. The van der Waals surface area contributed by atoms with Gasteiger partial charge in [0.05, 0.1) is 5.69 Å². The van der Waals surface area contributed by atoms with Gasteiger partial charge in [-0.3, -0.25) is 14.3 Å². The van der Waals surface area contributed by atoms with Gasteiger partial charge in [0, 0.05) is 19.8 Å². The Bertz CT molecular complexity index is 978. The predicted octanol–water partition coefficient (Wildman–Crippen LogP) is 2.83. The minimum absolute atomic E-state index is 0.0600. The van der Waals surface area contributed by atoms with Gasteiger partial charge in [-0.25, -0.2) is 4.39 Å². The van der Waals surface area contributed by atoms with E-state index >= 15 is 0 Å². The molecule has 2 aromatic heterocycles. The minimum Gasteiger partial charge on any atom is -0.486 e. The summed E-state index contributed by atoms with van der Waals surface area (Å²) in [7, 11) is 1.48. The van der Waals surface area contributed by atoms with Gasteiger partial charge in [-0.2, -0.15) is 5.10 Å². The zero-order valence-corrected chi connectivity index (χ0v) is 15.4. The van der Waals surface area contributed by atoms with Gasteiger partial charge in [0.25, 0.3) is 11.8 Å². The number of amides is 2. The molecular formula is C19H19FN4O4. The number of nitrogens with zero attached hydrogens (tertiary/aromatic N) is 2. The van der Waals surface area contributed by atoms with E-state index in [-0.39, 0.29) is 29.6 Å². The molecule has 9 heteroatoms. The van der Waals surface area contributed by atoms with Crippen LogP contribution < -0.4 is 15.4 Å². The molecule has 2 heterocycles. The van der Waals surface area contributed by atoms with Gasteiger partial charge in [-0.05, 0) is 43.3 Å². The Kier molecular flexibility index (Phi) is 5.73. The molecule has 1 aromatic carbocycles. The van der Waals surface area contributed by atoms with Crippen LogP contribution in [0, 0.1) is 5.82 Å². The lowest BCUT2D eigenvalue weighted by atomic mass is 10.3. The molecule has 0 aliphatic rings. The number of halogens is 1. The first kappa shape index (κ1) is 19.2. The molecule has 0 atom stereocenters. The molecule has 0 radical (unpaired) electrons. The molecular weight excluding hydrogens is 367 g/mol. The number of carbonyl (C=O) groups excluding carboxylic acids is 2. The molecule has 2 N–H and O–H groups in total. The van der Waals surface area contributed by atoms with E-state index in [1.807, 2.05) is 6.92 Å². The van der Waals surface area contributed by atoms with Crippen molar-refractivity contribution in [3.63, 3.8) is 0 Å². The third-order valence-electron chi connectivity index (χ3n) is 3.86. The Hall–Kier alpha value is -3.62. The van der Waals surface area contributed by atoms with Gasteiger partial charge < -0.3 is 19.8 Å². The molecule has 0 fully saturated rings. The molecule has 8 nitrogen and oxygen atoms in total. The maximum absolute atomic E-state index is 12.9. The van der Waals surface area contributed by atoms with E-state index < -0.39 is 11.8 Å². The Balaban J connectivity index is 1.66. The Morgan fingerprint density at radius 1 is 1.18 bits per heavy atom. The fourth-order valence-corrected chi connectivity index (χ4v) is 2.41. The molecule has 0 saturated carbocycles. The quantitative estimate of drug-likeness (QED) is 0.651. The van der Waals surface area contributed by atoms with Gasteiger partial charge in [-0.1, -0.05) is 0 Å². The van der Waals surface area contributed by atoms with Crippen LogP contribution in [0.3, 0.4) is 0 Å². The molecule has 0 spiro atoms. The van der Waals surface area contributed by atoms with Gasteiger partial charge >= 0.3 is 0 Å². The van der Waals surface area contributed by atoms with Crippen LogP contribution in [0.5, 0.6) is 5.75 Å². The molecule has 3 aromatic rings. The van der Waals surface area contributed by atoms with Crippen LogP contribution in [-0.4, -0.2) is 28.6 Å². The number of hydrogen-bond donors (Lipinski definition) is 2. The van der Waals surface area contributed by atoms with Crippen LogP contribution in [0.4, 0.5) is 10.1 Å². The summed E-state index contributed by atoms with van der Waals surface area (Å²) in [4.78, 5) is 24.4. The van der Waals surface area contributed by atoms with Crippen molar-refractivity contribution in [2.75, 3.05) is 12.4 Å². The molecule has 0 saturated heterocycles. The first-order chi connectivity index (χ1) is 13.5. The topological polar surface area (TPSA) is 98.4 Å². The zero-order chi connectivity index (χ0) is 20.1. The van der Waals surface area contributed by atoms with Crippen LogP contribution >= 0.6 is 0 Å². The number of nitrogens with one attached hydrogen (secondary N) is 2. The highest BCUT2D eigenvalue weighted by Gasteiger charge is 2.19. The number of anilines is 1. The lowest BCUT2D eigenvalue weighted by molar-refractivity contribution is 0.0958. The van der Waals surface area contributed by atoms with Gasteiger partial charge in [0.1, 0.15) is 23.9 Å². The van der Waals surface area contributed by atoms with E-state index in [1.165, 1.54) is 37.4 Å². The first-order valence-electron chi connectivity index (χ1n) is 8.58. The number of benzene rings is 1. The number of rotatable bonds is 7. The van der Waals surface area contributed by atoms with Gasteiger partial charge in [-0.15, -0.1) is 0 Å². The third kappa shape index (κ3) is 4.37. The number of aromatic nitrogens is 2. The SMILES string of the molecule is CCn1cc(NC(=O)c2ccc(COc3ccc(F)cc3)o2)c(C(=O)NC)n1. The maximum Gasteiger partial charge on any atom is 0.291 e. The fourth-order valence-electron chi connectivity index (χ4n) is 2.41. The lowest BCUT2D eigenvalue weighted by Crippen LogP contribution is -2.21. The summed E-state index contributed by atoms with van der Waals surface area (Å²) in [5, 5.41) is 9.25. The standard InChI is InChI=1S/C19H19FN4O4/c1-3-24-10-15(17(23-24)19(26)21-2)22-18(25)16-9-8-14(28-16)11-27-13-6-4-12(20)5-7-13/h4-10H,3,11H2,1-2H3,(H,21,26)(H,22,25). The average molecular weight is 386 g/mol. The minimum atomic E-state index is -0.520. The summed E-state index contributed by atoms with van der Waals surface area (Å²) in [6.45, 7) is 2.49. The number of hydrogen-bond acceptors (Lipinski definition) is 5. The smallest absolute Gasteiger partial charge is 0.291 e. The van der Waals surface area contributed by atoms with E-state index in [9.17, 15) is 14.0 Å². The Morgan fingerprint density at radius 3 is 2.61 bits per heavy atom. The summed E-state index contributed by atoms with van der Waals surface area (Å²) in [5.74, 6) is -0.322. The second-order valence-corrected chi connectivity index (χ2v) is 5.79. The number of aryl methyl sites for hydroxylation is 1.